The molecule has 7 nitrogen and oxygen atoms in total. The number of rotatable bonds is 4. The minimum absolute atomic E-state index is 0.0142. The molecule has 3 aromatic heterocycles. The highest BCUT2D eigenvalue weighted by Crippen LogP contribution is 2.23. The number of amides is 1. The summed E-state index contributed by atoms with van der Waals surface area (Å²) in [5.41, 5.74) is 3.28. The number of nitrogens with zero attached hydrogens (tertiary/aromatic N) is 5. The third-order valence-corrected chi connectivity index (χ3v) is 4.80. The van der Waals surface area contributed by atoms with Gasteiger partial charge in [0.2, 0.25) is 0 Å². The highest BCUT2D eigenvalue weighted by molar-refractivity contribution is 6.04. The van der Waals surface area contributed by atoms with Crippen molar-refractivity contribution in [1.82, 2.24) is 24.8 Å². The number of aromatic nitrogens is 5. The first-order valence-corrected chi connectivity index (χ1v) is 9.58. The third kappa shape index (κ3) is 3.67. The number of anilines is 1. The molecule has 5 rings (SSSR count). The fourth-order valence-electron chi connectivity index (χ4n) is 3.22. The molecule has 0 fully saturated rings. The molecule has 0 saturated heterocycles. The van der Waals surface area contributed by atoms with Crippen LogP contribution in [0.3, 0.4) is 0 Å². The summed E-state index contributed by atoms with van der Waals surface area (Å²) in [5.74, 6) is -2.07. The van der Waals surface area contributed by atoms with Crippen LogP contribution in [0.5, 0.6) is 0 Å². The first-order chi connectivity index (χ1) is 15.6. The van der Waals surface area contributed by atoms with Gasteiger partial charge in [-0.2, -0.15) is 9.61 Å². The van der Waals surface area contributed by atoms with Gasteiger partial charge in [0.1, 0.15) is 0 Å². The molecule has 9 heteroatoms. The highest BCUT2D eigenvalue weighted by atomic mass is 19.2. The van der Waals surface area contributed by atoms with Crippen LogP contribution in [0.1, 0.15) is 10.4 Å². The Kier molecular flexibility index (Phi) is 4.83. The Labute approximate surface area is 180 Å². The van der Waals surface area contributed by atoms with E-state index in [1.807, 2.05) is 18.2 Å². The summed E-state index contributed by atoms with van der Waals surface area (Å²) in [4.78, 5) is 16.4. The standard InChI is InChI=1S/C23H14F2N6O/c24-18-5-4-16(13-19(18)25)23(32)27-17-3-1-2-15(12-17)20-6-7-21-28-29-22(31(21)30-20)14-8-10-26-11-9-14/h1-13H,(H,27,32). The average molecular weight is 428 g/mol. The monoisotopic (exact) mass is 428 g/mol. The van der Waals surface area contributed by atoms with Crippen LogP contribution < -0.4 is 5.32 Å². The number of fused-ring (bicyclic) bond motifs is 1. The van der Waals surface area contributed by atoms with Gasteiger partial charge in [-0.1, -0.05) is 12.1 Å². The maximum absolute atomic E-state index is 13.4. The van der Waals surface area contributed by atoms with Gasteiger partial charge in [0, 0.05) is 34.8 Å². The molecule has 1 amide bonds. The van der Waals surface area contributed by atoms with Crippen LogP contribution in [0, 0.1) is 11.6 Å². The maximum Gasteiger partial charge on any atom is 0.255 e. The third-order valence-electron chi connectivity index (χ3n) is 4.80. The van der Waals surface area contributed by atoms with Crippen LogP contribution in [0.2, 0.25) is 0 Å². The van der Waals surface area contributed by atoms with E-state index in [4.69, 9.17) is 0 Å². The lowest BCUT2D eigenvalue weighted by Gasteiger charge is -2.08. The van der Waals surface area contributed by atoms with E-state index in [-0.39, 0.29) is 5.56 Å². The number of halogens is 2. The SMILES string of the molecule is O=C(Nc1cccc(-c2ccc3nnc(-c4ccncc4)n3n2)c1)c1ccc(F)c(F)c1. The Morgan fingerprint density at radius 1 is 0.844 bits per heavy atom. The summed E-state index contributed by atoms with van der Waals surface area (Å²) in [6, 6.07) is 17.3. The van der Waals surface area contributed by atoms with Crippen molar-refractivity contribution in [3.8, 4) is 22.6 Å². The van der Waals surface area contributed by atoms with Crippen molar-refractivity contribution < 1.29 is 13.6 Å². The zero-order valence-corrected chi connectivity index (χ0v) is 16.4. The molecule has 0 bridgehead atoms. The fraction of sp³-hybridized carbons (Fsp3) is 0. The summed E-state index contributed by atoms with van der Waals surface area (Å²) in [7, 11) is 0. The van der Waals surface area contributed by atoms with Gasteiger partial charge in [0.15, 0.2) is 23.1 Å². The van der Waals surface area contributed by atoms with E-state index < -0.39 is 17.5 Å². The van der Waals surface area contributed by atoms with E-state index in [0.717, 1.165) is 23.3 Å². The maximum atomic E-state index is 13.4. The molecule has 0 unspecified atom stereocenters. The average Bonchev–Trinajstić information content (AvgIpc) is 3.25. The van der Waals surface area contributed by atoms with Crippen molar-refractivity contribution in [2.75, 3.05) is 5.32 Å². The lowest BCUT2D eigenvalue weighted by Crippen LogP contribution is -2.12. The smallest absolute Gasteiger partial charge is 0.255 e. The second-order valence-electron chi connectivity index (χ2n) is 6.91. The summed E-state index contributed by atoms with van der Waals surface area (Å²) in [5, 5.41) is 15.7. The van der Waals surface area contributed by atoms with E-state index >= 15 is 0 Å². The second kappa shape index (κ2) is 7.95. The number of nitrogens with one attached hydrogen (secondary N) is 1. The minimum atomic E-state index is -1.08. The van der Waals surface area contributed by atoms with E-state index in [2.05, 4.69) is 25.6 Å². The molecule has 0 aliphatic carbocycles. The van der Waals surface area contributed by atoms with Crippen molar-refractivity contribution in [2.24, 2.45) is 0 Å². The van der Waals surface area contributed by atoms with Gasteiger partial charge in [-0.25, -0.2) is 8.78 Å². The molecule has 2 aromatic carbocycles. The highest BCUT2D eigenvalue weighted by Gasteiger charge is 2.13. The lowest BCUT2D eigenvalue weighted by atomic mass is 10.1. The van der Waals surface area contributed by atoms with Crippen LogP contribution in [0.4, 0.5) is 14.5 Å². The predicted octanol–water partition coefficient (Wildman–Crippen LogP) is 4.38. The summed E-state index contributed by atoms with van der Waals surface area (Å²) in [6.07, 6.45) is 3.33. The summed E-state index contributed by atoms with van der Waals surface area (Å²) in [6.45, 7) is 0. The van der Waals surface area contributed by atoms with Crippen LogP contribution in [0.25, 0.3) is 28.3 Å². The van der Waals surface area contributed by atoms with Crippen LogP contribution in [-0.4, -0.2) is 30.7 Å². The molecule has 0 atom stereocenters. The minimum Gasteiger partial charge on any atom is -0.322 e. The first kappa shape index (κ1) is 19.4. The lowest BCUT2D eigenvalue weighted by molar-refractivity contribution is 0.102. The van der Waals surface area contributed by atoms with E-state index in [1.54, 1.807) is 47.2 Å². The molecule has 156 valence electrons. The van der Waals surface area contributed by atoms with E-state index in [9.17, 15) is 13.6 Å². The normalized spacial score (nSPS) is 10.9. The number of hydrogen-bond acceptors (Lipinski definition) is 5. The summed E-state index contributed by atoms with van der Waals surface area (Å²) >= 11 is 0. The molecule has 0 aliphatic heterocycles. The van der Waals surface area contributed by atoms with Crippen molar-refractivity contribution in [1.29, 1.82) is 0 Å². The number of carbonyl (C=O) groups excluding carboxylic acids is 1. The molecule has 0 aliphatic rings. The van der Waals surface area contributed by atoms with Crippen molar-refractivity contribution >= 4 is 17.2 Å². The number of pyridine rings is 1. The largest absolute Gasteiger partial charge is 0.322 e. The Morgan fingerprint density at radius 3 is 2.50 bits per heavy atom. The van der Waals surface area contributed by atoms with Gasteiger partial charge in [-0.15, -0.1) is 10.2 Å². The van der Waals surface area contributed by atoms with Gasteiger partial charge >= 0.3 is 0 Å². The topological polar surface area (TPSA) is 85.1 Å². The molecule has 0 radical (unpaired) electrons. The van der Waals surface area contributed by atoms with Crippen molar-refractivity contribution in [3.63, 3.8) is 0 Å². The van der Waals surface area contributed by atoms with Crippen molar-refractivity contribution in [2.45, 2.75) is 0 Å². The summed E-state index contributed by atoms with van der Waals surface area (Å²) < 4.78 is 28.2. The van der Waals surface area contributed by atoms with Crippen LogP contribution >= 0.6 is 0 Å². The van der Waals surface area contributed by atoms with Gasteiger partial charge in [0.05, 0.1) is 5.69 Å². The first-order valence-electron chi connectivity index (χ1n) is 9.58. The molecular weight excluding hydrogens is 414 g/mol. The fourth-order valence-corrected chi connectivity index (χ4v) is 3.22. The second-order valence-corrected chi connectivity index (χ2v) is 6.91. The molecule has 32 heavy (non-hydrogen) atoms. The quantitative estimate of drug-likeness (QED) is 0.459. The zero-order valence-electron chi connectivity index (χ0n) is 16.4. The van der Waals surface area contributed by atoms with Gasteiger partial charge < -0.3 is 5.32 Å². The van der Waals surface area contributed by atoms with Crippen molar-refractivity contribution in [3.05, 3.63) is 96.3 Å². The molecule has 5 aromatic rings. The Morgan fingerprint density at radius 2 is 1.69 bits per heavy atom. The Balaban J connectivity index is 1.46. The van der Waals surface area contributed by atoms with Crippen LogP contribution in [0.15, 0.2) is 79.1 Å². The molecule has 0 saturated carbocycles. The zero-order chi connectivity index (χ0) is 22.1. The number of carbonyl (C=O) groups is 1. The molecule has 0 spiro atoms. The molecule has 3 heterocycles. The van der Waals surface area contributed by atoms with Gasteiger partial charge in [-0.05, 0) is 54.6 Å². The number of benzene rings is 2. The predicted molar refractivity (Wildman–Crippen MR) is 114 cm³/mol. The van der Waals surface area contributed by atoms with Gasteiger partial charge in [-0.3, -0.25) is 9.78 Å². The van der Waals surface area contributed by atoms with E-state index in [0.29, 0.717) is 22.9 Å². The Hall–Kier alpha value is -4.53. The van der Waals surface area contributed by atoms with Crippen LogP contribution in [-0.2, 0) is 0 Å². The Bertz CT molecular complexity index is 1450. The number of hydrogen-bond donors (Lipinski definition) is 1. The molecule has 1 N–H and O–H groups in total. The van der Waals surface area contributed by atoms with E-state index in [1.165, 1.54) is 6.07 Å². The molecular formula is C23H14F2N6O. The van der Waals surface area contributed by atoms with Gasteiger partial charge in [0.25, 0.3) is 5.91 Å².